The Hall–Kier alpha value is -1.79. The van der Waals surface area contributed by atoms with Crippen molar-refractivity contribution in [1.82, 2.24) is 20.4 Å². The number of benzene rings is 1. The van der Waals surface area contributed by atoms with Crippen molar-refractivity contribution in [1.29, 1.82) is 0 Å². The molecular weight excluding hydrogens is 338 g/mol. The van der Waals surface area contributed by atoms with E-state index < -0.39 is 0 Å². The van der Waals surface area contributed by atoms with Gasteiger partial charge in [-0.25, -0.2) is 0 Å². The largest absolute Gasteiger partial charge is 0.493 e. The first-order chi connectivity index (χ1) is 12.9. The Morgan fingerprint density at radius 3 is 2.52 bits per heavy atom. The second kappa shape index (κ2) is 10.5. The van der Waals surface area contributed by atoms with Crippen LogP contribution in [0.3, 0.4) is 0 Å². The van der Waals surface area contributed by atoms with Crippen molar-refractivity contribution in [2.75, 3.05) is 53.9 Å². The fourth-order valence-electron chi connectivity index (χ4n) is 3.14. The van der Waals surface area contributed by atoms with Crippen molar-refractivity contribution in [3.8, 4) is 5.75 Å². The molecule has 0 saturated carbocycles. The number of hydrogen-bond donors (Lipinski definition) is 2. The molecule has 2 atom stereocenters. The van der Waals surface area contributed by atoms with Crippen LogP contribution < -0.4 is 15.4 Å². The van der Waals surface area contributed by atoms with Gasteiger partial charge in [-0.15, -0.1) is 0 Å². The van der Waals surface area contributed by atoms with E-state index in [9.17, 15) is 0 Å². The SMILES string of the molecule is CN=C(NCC1CN(C)CCN1C)NC(C)c1ccc(OCC(C)C)cc1. The molecule has 1 aromatic carbocycles. The Kier molecular flexibility index (Phi) is 8.38. The molecule has 1 saturated heterocycles. The Morgan fingerprint density at radius 2 is 1.89 bits per heavy atom. The van der Waals surface area contributed by atoms with Crippen LogP contribution in [0, 0.1) is 5.92 Å². The molecule has 1 aromatic rings. The van der Waals surface area contributed by atoms with Crippen molar-refractivity contribution in [2.24, 2.45) is 10.9 Å². The molecule has 6 nitrogen and oxygen atoms in total. The minimum Gasteiger partial charge on any atom is -0.493 e. The zero-order valence-electron chi connectivity index (χ0n) is 17.8. The number of nitrogens with zero attached hydrogens (tertiary/aromatic N) is 3. The molecule has 0 amide bonds. The van der Waals surface area contributed by atoms with Crippen LogP contribution in [0.1, 0.15) is 32.4 Å². The van der Waals surface area contributed by atoms with Crippen LogP contribution in [0.5, 0.6) is 5.75 Å². The van der Waals surface area contributed by atoms with E-state index in [1.165, 1.54) is 5.56 Å². The molecular formula is C21H37N5O. The zero-order valence-corrected chi connectivity index (χ0v) is 17.8. The lowest BCUT2D eigenvalue weighted by Gasteiger charge is -2.38. The Bertz CT molecular complexity index is 587. The average molecular weight is 376 g/mol. The standard InChI is InChI=1S/C21H37N5O/c1-16(2)15-27-20-9-7-18(8-10-20)17(3)24-21(22-4)23-13-19-14-25(5)11-12-26(19)6/h7-10,16-17,19H,11-15H2,1-6H3,(H2,22,23,24). The first-order valence-electron chi connectivity index (χ1n) is 9.97. The lowest BCUT2D eigenvalue weighted by molar-refractivity contribution is 0.116. The first kappa shape index (κ1) is 21.5. The minimum absolute atomic E-state index is 0.169. The number of rotatable bonds is 7. The van der Waals surface area contributed by atoms with Crippen molar-refractivity contribution in [2.45, 2.75) is 32.9 Å². The predicted octanol–water partition coefficient (Wildman–Crippen LogP) is 2.19. The third kappa shape index (κ3) is 7.03. The molecule has 0 bridgehead atoms. The monoisotopic (exact) mass is 375 g/mol. The summed E-state index contributed by atoms with van der Waals surface area (Å²) in [4.78, 5) is 9.19. The maximum absolute atomic E-state index is 5.76. The maximum Gasteiger partial charge on any atom is 0.191 e. The van der Waals surface area contributed by atoms with Crippen LogP contribution in [0.15, 0.2) is 29.3 Å². The molecule has 27 heavy (non-hydrogen) atoms. The van der Waals surface area contributed by atoms with Gasteiger partial charge in [0.25, 0.3) is 0 Å². The quantitative estimate of drug-likeness (QED) is 0.565. The van der Waals surface area contributed by atoms with E-state index in [1.807, 2.05) is 19.2 Å². The molecule has 6 heteroatoms. The number of hydrogen-bond acceptors (Lipinski definition) is 4. The Labute approximate surface area is 165 Å². The molecule has 0 aromatic heterocycles. The first-order valence-corrected chi connectivity index (χ1v) is 9.97. The summed E-state index contributed by atoms with van der Waals surface area (Å²) in [6.07, 6.45) is 0. The van der Waals surface area contributed by atoms with Crippen molar-refractivity contribution >= 4 is 5.96 Å². The van der Waals surface area contributed by atoms with Crippen LogP contribution in [-0.4, -0.2) is 75.7 Å². The summed E-state index contributed by atoms with van der Waals surface area (Å²) < 4.78 is 5.76. The molecule has 1 fully saturated rings. The van der Waals surface area contributed by atoms with E-state index in [2.05, 4.69) is 72.4 Å². The number of aliphatic imine (C=N–C) groups is 1. The lowest BCUT2D eigenvalue weighted by atomic mass is 10.1. The van der Waals surface area contributed by atoms with Gasteiger partial charge in [-0.1, -0.05) is 26.0 Å². The Balaban J connectivity index is 1.84. The molecule has 0 spiro atoms. The van der Waals surface area contributed by atoms with E-state index >= 15 is 0 Å². The third-order valence-electron chi connectivity index (χ3n) is 5.03. The highest BCUT2D eigenvalue weighted by molar-refractivity contribution is 5.80. The Morgan fingerprint density at radius 1 is 1.19 bits per heavy atom. The second-order valence-electron chi connectivity index (χ2n) is 7.99. The van der Waals surface area contributed by atoms with Crippen LogP contribution in [0.4, 0.5) is 0 Å². The van der Waals surface area contributed by atoms with E-state index in [1.54, 1.807) is 0 Å². The topological polar surface area (TPSA) is 52.1 Å². The smallest absolute Gasteiger partial charge is 0.191 e. The van der Waals surface area contributed by atoms with E-state index in [4.69, 9.17) is 4.74 Å². The van der Waals surface area contributed by atoms with Crippen LogP contribution >= 0.6 is 0 Å². The van der Waals surface area contributed by atoms with E-state index in [0.29, 0.717) is 12.0 Å². The third-order valence-corrected chi connectivity index (χ3v) is 5.03. The van der Waals surface area contributed by atoms with Crippen molar-refractivity contribution in [3.05, 3.63) is 29.8 Å². The highest BCUT2D eigenvalue weighted by atomic mass is 16.5. The zero-order chi connectivity index (χ0) is 19.8. The van der Waals surface area contributed by atoms with Gasteiger partial charge in [-0.05, 0) is 44.6 Å². The average Bonchev–Trinajstić information content (AvgIpc) is 2.66. The number of likely N-dealkylation sites (N-methyl/N-ethyl adjacent to an activating group) is 2. The molecule has 2 unspecified atom stereocenters. The number of ether oxygens (including phenoxy) is 1. The van der Waals surface area contributed by atoms with Gasteiger partial charge in [0.2, 0.25) is 0 Å². The highest BCUT2D eigenvalue weighted by Crippen LogP contribution is 2.18. The number of guanidine groups is 1. The van der Waals surface area contributed by atoms with Crippen molar-refractivity contribution < 1.29 is 4.74 Å². The molecule has 1 aliphatic rings. The van der Waals surface area contributed by atoms with E-state index in [0.717, 1.165) is 44.5 Å². The van der Waals surface area contributed by atoms with Gasteiger partial charge in [0, 0.05) is 39.3 Å². The minimum atomic E-state index is 0.169. The summed E-state index contributed by atoms with van der Waals surface area (Å²) in [6.45, 7) is 11.4. The summed E-state index contributed by atoms with van der Waals surface area (Å²) in [5.74, 6) is 2.29. The molecule has 1 aliphatic heterocycles. The molecule has 1 heterocycles. The maximum atomic E-state index is 5.76. The highest BCUT2D eigenvalue weighted by Gasteiger charge is 2.22. The molecule has 0 radical (unpaired) electrons. The van der Waals surface area contributed by atoms with E-state index in [-0.39, 0.29) is 6.04 Å². The van der Waals surface area contributed by atoms with Crippen LogP contribution in [0.2, 0.25) is 0 Å². The van der Waals surface area contributed by atoms with Crippen LogP contribution in [0.25, 0.3) is 0 Å². The summed E-state index contributed by atoms with van der Waals surface area (Å²) in [7, 11) is 6.20. The lowest BCUT2D eigenvalue weighted by Crippen LogP contribution is -2.55. The van der Waals surface area contributed by atoms with Gasteiger partial charge in [0.15, 0.2) is 5.96 Å². The van der Waals surface area contributed by atoms with Crippen molar-refractivity contribution in [3.63, 3.8) is 0 Å². The normalized spacial score (nSPS) is 20.6. The second-order valence-corrected chi connectivity index (χ2v) is 7.99. The summed E-state index contributed by atoms with van der Waals surface area (Å²) in [5.41, 5.74) is 1.21. The molecule has 2 rings (SSSR count). The molecule has 152 valence electrons. The number of nitrogens with one attached hydrogen (secondary N) is 2. The van der Waals surface area contributed by atoms with Crippen LogP contribution in [-0.2, 0) is 0 Å². The summed E-state index contributed by atoms with van der Waals surface area (Å²) >= 11 is 0. The summed E-state index contributed by atoms with van der Waals surface area (Å²) in [5, 5.41) is 6.96. The fraction of sp³-hybridized carbons (Fsp3) is 0.667. The summed E-state index contributed by atoms with van der Waals surface area (Å²) in [6, 6.07) is 8.98. The molecule has 0 aliphatic carbocycles. The van der Waals surface area contributed by atoms with Gasteiger partial charge in [0.1, 0.15) is 5.75 Å². The van der Waals surface area contributed by atoms with Gasteiger partial charge >= 0.3 is 0 Å². The van der Waals surface area contributed by atoms with Gasteiger partial charge < -0.3 is 20.3 Å². The van der Waals surface area contributed by atoms with Gasteiger partial charge in [-0.2, -0.15) is 0 Å². The predicted molar refractivity (Wildman–Crippen MR) is 114 cm³/mol. The molecule has 2 N–H and O–H groups in total. The van der Waals surface area contributed by atoms with Gasteiger partial charge in [-0.3, -0.25) is 9.89 Å². The fourth-order valence-corrected chi connectivity index (χ4v) is 3.14. The van der Waals surface area contributed by atoms with Gasteiger partial charge in [0.05, 0.1) is 12.6 Å². The number of piperazine rings is 1.